The van der Waals surface area contributed by atoms with Gasteiger partial charge in [-0.05, 0) is 35.4 Å². The van der Waals surface area contributed by atoms with Gasteiger partial charge in [-0.15, -0.1) is 0 Å². The maximum atomic E-state index is 15.0. The molecule has 0 atom stereocenters. The first-order chi connectivity index (χ1) is 14.3. The molecule has 0 saturated heterocycles. The monoisotopic (exact) mass is 430 g/mol. The fourth-order valence-corrected chi connectivity index (χ4v) is 5.08. The number of hydrogen-bond donors (Lipinski definition) is 0. The Labute approximate surface area is 174 Å². The van der Waals surface area contributed by atoms with E-state index >= 15 is 0 Å². The number of allylic oxidation sites excluding steroid dienone is 1. The smallest absolute Gasteiger partial charge is 0.165 e. The zero-order valence-corrected chi connectivity index (χ0v) is 17.8. The number of hydrogen-bond acceptors (Lipinski definition) is 1. The van der Waals surface area contributed by atoms with Crippen molar-refractivity contribution in [3.8, 4) is 11.5 Å². The van der Waals surface area contributed by atoms with Crippen LogP contribution in [0.25, 0.3) is 0 Å². The van der Waals surface area contributed by atoms with Gasteiger partial charge in [-0.25, -0.2) is 17.6 Å². The normalized spacial score (nSPS) is 12.5. The molecule has 3 aromatic rings. The highest BCUT2D eigenvalue weighted by Crippen LogP contribution is 2.27. The second kappa shape index (κ2) is 9.30. The van der Waals surface area contributed by atoms with Crippen LogP contribution in [0.3, 0.4) is 0 Å². The molecule has 156 valence electrons. The van der Waals surface area contributed by atoms with Gasteiger partial charge in [-0.3, -0.25) is 0 Å². The van der Waals surface area contributed by atoms with E-state index in [2.05, 4.69) is 0 Å². The Morgan fingerprint density at radius 2 is 1.43 bits per heavy atom. The Morgan fingerprint density at radius 1 is 0.833 bits per heavy atom. The van der Waals surface area contributed by atoms with Crippen LogP contribution >= 0.6 is 0 Å². The van der Waals surface area contributed by atoms with Crippen LogP contribution in [0.15, 0.2) is 84.1 Å². The first-order valence-corrected chi connectivity index (χ1v) is 12.5. The van der Waals surface area contributed by atoms with Crippen molar-refractivity contribution in [1.29, 1.82) is 0 Å². The van der Waals surface area contributed by atoms with Crippen LogP contribution in [-0.4, -0.2) is 8.07 Å². The van der Waals surface area contributed by atoms with Gasteiger partial charge in [-0.2, -0.15) is 0 Å². The second-order valence-electron chi connectivity index (χ2n) is 7.53. The molecule has 0 saturated carbocycles. The predicted molar refractivity (Wildman–Crippen MR) is 114 cm³/mol. The standard InChI is InChI=1S/C24H22F4OSi/c1-30(2,20-13-9-18(16-25)10-14-20)24(28)22(27)15-17-7-11-19(12-8-17)29-23-6-4-3-5-21(23)26/h3-14H,15-16H2,1-2H3/b24-22+. The lowest BCUT2D eigenvalue weighted by molar-refractivity contribution is 0.442. The Balaban J connectivity index is 1.74. The van der Waals surface area contributed by atoms with E-state index in [1.807, 2.05) is 0 Å². The van der Waals surface area contributed by atoms with E-state index in [0.29, 0.717) is 22.1 Å². The van der Waals surface area contributed by atoms with Gasteiger partial charge in [0.25, 0.3) is 0 Å². The number of benzene rings is 3. The van der Waals surface area contributed by atoms with Gasteiger partial charge in [0.1, 0.15) is 23.7 Å². The van der Waals surface area contributed by atoms with Crippen molar-refractivity contribution in [1.82, 2.24) is 0 Å². The highest BCUT2D eigenvalue weighted by molar-refractivity contribution is 6.95. The van der Waals surface area contributed by atoms with Gasteiger partial charge in [0.2, 0.25) is 0 Å². The molecule has 0 spiro atoms. The summed E-state index contributed by atoms with van der Waals surface area (Å²) in [7, 11) is -2.85. The zero-order chi connectivity index (χ0) is 21.7. The maximum absolute atomic E-state index is 15.0. The molecule has 0 fully saturated rings. The predicted octanol–water partition coefficient (Wildman–Crippen LogP) is 6.94. The molecule has 0 N–H and O–H groups in total. The summed E-state index contributed by atoms with van der Waals surface area (Å²) in [5.74, 6) is -0.807. The van der Waals surface area contributed by atoms with E-state index in [0.717, 1.165) is 0 Å². The first-order valence-electron chi connectivity index (χ1n) is 9.52. The Bertz CT molecular complexity index is 1030. The molecule has 1 nitrogen and oxygen atoms in total. The van der Waals surface area contributed by atoms with Crippen LogP contribution in [0.2, 0.25) is 13.1 Å². The summed E-state index contributed by atoms with van der Waals surface area (Å²) in [5, 5.41) is 0.695. The molecule has 6 heteroatoms. The summed E-state index contributed by atoms with van der Waals surface area (Å²) < 4.78 is 61.5. The van der Waals surface area contributed by atoms with Gasteiger partial charge >= 0.3 is 0 Å². The average Bonchev–Trinajstić information content (AvgIpc) is 2.76. The topological polar surface area (TPSA) is 9.23 Å². The fraction of sp³-hybridized carbons (Fsp3) is 0.167. The van der Waals surface area contributed by atoms with E-state index in [-0.39, 0.29) is 12.2 Å². The third-order valence-electron chi connectivity index (χ3n) is 4.96. The van der Waals surface area contributed by atoms with Crippen LogP contribution in [-0.2, 0) is 13.1 Å². The molecular weight excluding hydrogens is 408 g/mol. The summed E-state index contributed by atoms with van der Waals surface area (Å²) in [4.78, 5) is 0. The minimum Gasteiger partial charge on any atom is -0.454 e. The maximum Gasteiger partial charge on any atom is 0.165 e. The molecular formula is C24H22F4OSi. The molecule has 3 aromatic carbocycles. The molecule has 3 rings (SSSR count). The van der Waals surface area contributed by atoms with E-state index < -0.39 is 31.8 Å². The van der Waals surface area contributed by atoms with Gasteiger partial charge in [-0.1, -0.05) is 66.8 Å². The first kappa shape index (κ1) is 21.8. The van der Waals surface area contributed by atoms with Gasteiger partial charge < -0.3 is 4.74 Å². The van der Waals surface area contributed by atoms with Crippen LogP contribution < -0.4 is 9.92 Å². The molecule has 0 aliphatic carbocycles. The van der Waals surface area contributed by atoms with Crippen molar-refractivity contribution < 1.29 is 22.3 Å². The van der Waals surface area contributed by atoms with E-state index in [1.54, 1.807) is 73.8 Å². The number of rotatable bonds is 7. The third kappa shape index (κ3) is 5.00. The number of para-hydroxylation sites is 1. The molecule has 0 amide bonds. The molecule has 0 aliphatic rings. The minimum atomic E-state index is -2.85. The summed E-state index contributed by atoms with van der Waals surface area (Å²) in [5.41, 5.74) is 0.342. The molecule has 30 heavy (non-hydrogen) atoms. The quantitative estimate of drug-likeness (QED) is 0.292. The van der Waals surface area contributed by atoms with E-state index in [9.17, 15) is 17.6 Å². The number of halogens is 4. The second-order valence-corrected chi connectivity index (χ2v) is 11.8. The molecule has 0 unspecified atom stereocenters. The Morgan fingerprint density at radius 3 is 2.03 bits per heavy atom. The largest absolute Gasteiger partial charge is 0.454 e. The minimum absolute atomic E-state index is 0.0916. The van der Waals surface area contributed by atoms with E-state index in [4.69, 9.17) is 4.74 Å². The Hall–Kier alpha value is -2.86. The molecule has 0 radical (unpaired) electrons. The number of alkyl halides is 1. The summed E-state index contributed by atoms with van der Waals surface area (Å²) >= 11 is 0. The van der Waals surface area contributed by atoms with Crippen LogP contribution in [0.5, 0.6) is 11.5 Å². The van der Waals surface area contributed by atoms with Crippen molar-refractivity contribution in [2.24, 2.45) is 0 Å². The van der Waals surface area contributed by atoms with Crippen molar-refractivity contribution in [3.05, 3.63) is 101 Å². The molecule has 0 bridgehead atoms. The van der Waals surface area contributed by atoms with Gasteiger partial charge in [0.15, 0.2) is 19.6 Å². The lowest BCUT2D eigenvalue weighted by Gasteiger charge is -2.22. The molecule has 0 aromatic heterocycles. The van der Waals surface area contributed by atoms with Crippen LogP contribution in [0, 0.1) is 5.82 Å². The van der Waals surface area contributed by atoms with Crippen molar-refractivity contribution in [3.63, 3.8) is 0 Å². The Kier molecular flexibility index (Phi) is 6.77. The average molecular weight is 431 g/mol. The molecule has 0 aliphatic heterocycles. The highest BCUT2D eigenvalue weighted by Gasteiger charge is 2.32. The van der Waals surface area contributed by atoms with Crippen molar-refractivity contribution in [2.75, 3.05) is 0 Å². The third-order valence-corrected chi connectivity index (χ3v) is 8.11. The fourth-order valence-electron chi connectivity index (χ4n) is 3.06. The SMILES string of the molecule is C[Si](C)(/C(F)=C(/F)Cc1ccc(Oc2ccccc2F)cc1)c1ccc(CF)cc1. The summed E-state index contributed by atoms with van der Waals surface area (Å²) in [6.07, 6.45) is -0.190. The summed E-state index contributed by atoms with van der Waals surface area (Å²) in [6.45, 7) is 2.85. The van der Waals surface area contributed by atoms with Crippen molar-refractivity contribution >= 4 is 13.3 Å². The number of ether oxygens (including phenoxy) is 1. The lowest BCUT2D eigenvalue weighted by atomic mass is 10.1. The van der Waals surface area contributed by atoms with Crippen LogP contribution in [0.1, 0.15) is 11.1 Å². The zero-order valence-electron chi connectivity index (χ0n) is 16.8. The molecule has 0 heterocycles. The highest BCUT2D eigenvalue weighted by atomic mass is 28.3. The van der Waals surface area contributed by atoms with Crippen molar-refractivity contribution in [2.45, 2.75) is 26.2 Å². The summed E-state index contributed by atoms with van der Waals surface area (Å²) in [6, 6.07) is 19.0. The van der Waals surface area contributed by atoms with Gasteiger partial charge in [0, 0.05) is 6.42 Å². The van der Waals surface area contributed by atoms with Gasteiger partial charge in [0.05, 0.1) is 0 Å². The lowest BCUT2D eigenvalue weighted by Crippen LogP contribution is -2.43. The van der Waals surface area contributed by atoms with E-state index in [1.165, 1.54) is 12.1 Å². The van der Waals surface area contributed by atoms with Crippen LogP contribution in [0.4, 0.5) is 17.6 Å².